The topological polar surface area (TPSA) is 20.7 Å². The molecular formula is C11H7ClF4N2S. The molecule has 0 atom stereocenters. The van der Waals surface area contributed by atoms with Gasteiger partial charge in [-0.3, -0.25) is 5.10 Å². The van der Waals surface area contributed by atoms with Gasteiger partial charge in [-0.2, -0.15) is 13.2 Å². The number of nitrogens with one attached hydrogen (secondary N) is 1. The molecule has 0 unspecified atom stereocenters. The van der Waals surface area contributed by atoms with E-state index < -0.39 is 17.7 Å². The molecule has 1 aromatic carbocycles. The van der Waals surface area contributed by atoms with Crippen LogP contribution in [0.2, 0.25) is 5.02 Å². The van der Waals surface area contributed by atoms with Gasteiger partial charge < -0.3 is 0 Å². The summed E-state index contributed by atoms with van der Waals surface area (Å²) in [5, 5.41) is 2.01. The standard InChI is InChI=1S/C11H7ClF4N2S/c1-5-9(11(14,15)16)17-18(10(5)19)6-2-3-7(12)8(13)4-6/h2-4,17H,1H3. The average molecular weight is 311 g/mol. The molecule has 0 spiro atoms. The monoisotopic (exact) mass is 310 g/mol. The van der Waals surface area contributed by atoms with Crippen LogP contribution in [0.5, 0.6) is 0 Å². The fourth-order valence-electron chi connectivity index (χ4n) is 1.60. The lowest BCUT2D eigenvalue weighted by Crippen LogP contribution is -2.08. The zero-order valence-corrected chi connectivity index (χ0v) is 11.0. The van der Waals surface area contributed by atoms with Gasteiger partial charge in [0.05, 0.1) is 10.7 Å². The zero-order valence-electron chi connectivity index (χ0n) is 9.48. The lowest BCUT2D eigenvalue weighted by atomic mass is 10.3. The summed E-state index contributed by atoms with van der Waals surface area (Å²) in [7, 11) is 0. The number of H-pyrrole nitrogens is 1. The van der Waals surface area contributed by atoms with Gasteiger partial charge in [0.15, 0.2) is 0 Å². The van der Waals surface area contributed by atoms with Crippen LogP contribution in [0.25, 0.3) is 5.69 Å². The van der Waals surface area contributed by atoms with Gasteiger partial charge in [0.1, 0.15) is 16.2 Å². The third-order valence-electron chi connectivity index (χ3n) is 2.57. The summed E-state index contributed by atoms with van der Waals surface area (Å²) < 4.78 is 52.4. The molecule has 0 aliphatic heterocycles. The summed E-state index contributed by atoms with van der Waals surface area (Å²) >= 11 is 10.4. The third kappa shape index (κ3) is 2.52. The molecule has 2 nitrogen and oxygen atoms in total. The van der Waals surface area contributed by atoms with Crippen molar-refractivity contribution >= 4 is 23.8 Å². The van der Waals surface area contributed by atoms with Gasteiger partial charge in [-0.25, -0.2) is 9.07 Å². The second-order valence-electron chi connectivity index (χ2n) is 3.85. The Bertz CT molecular complexity index is 687. The highest BCUT2D eigenvalue weighted by Crippen LogP contribution is 2.32. The maximum Gasteiger partial charge on any atom is 0.433 e. The van der Waals surface area contributed by atoms with Crippen LogP contribution >= 0.6 is 23.8 Å². The number of aromatic amines is 1. The van der Waals surface area contributed by atoms with Gasteiger partial charge in [-0.1, -0.05) is 23.8 Å². The molecule has 0 amide bonds. The van der Waals surface area contributed by atoms with Crippen LogP contribution in [0.4, 0.5) is 17.6 Å². The molecular weight excluding hydrogens is 304 g/mol. The lowest BCUT2D eigenvalue weighted by molar-refractivity contribution is -0.141. The summed E-state index contributed by atoms with van der Waals surface area (Å²) in [5.41, 5.74) is -0.920. The summed E-state index contributed by atoms with van der Waals surface area (Å²) in [6.45, 7) is 1.25. The molecule has 0 bridgehead atoms. The lowest BCUT2D eigenvalue weighted by Gasteiger charge is -2.06. The van der Waals surface area contributed by atoms with Crippen molar-refractivity contribution in [1.29, 1.82) is 0 Å². The number of hydrogen-bond donors (Lipinski definition) is 1. The van der Waals surface area contributed by atoms with Crippen molar-refractivity contribution in [3.05, 3.63) is 44.9 Å². The maximum atomic E-state index is 13.3. The first-order chi connectivity index (χ1) is 8.71. The summed E-state index contributed by atoms with van der Waals surface area (Å²) in [5.74, 6) is -0.734. The first kappa shape index (κ1) is 14.1. The van der Waals surface area contributed by atoms with Gasteiger partial charge >= 0.3 is 6.18 Å². The number of hydrogen-bond acceptors (Lipinski definition) is 1. The zero-order chi connectivity index (χ0) is 14.4. The van der Waals surface area contributed by atoms with E-state index in [1.54, 1.807) is 0 Å². The van der Waals surface area contributed by atoms with Crippen molar-refractivity contribution in [2.75, 3.05) is 0 Å². The van der Waals surface area contributed by atoms with Gasteiger partial charge in [0.25, 0.3) is 0 Å². The molecule has 0 saturated carbocycles. The largest absolute Gasteiger partial charge is 0.433 e. The molecule has 0 aliphatic carbocycles. The second-order valence-corrected chi connectivity index (χ2v) is 4.64. The molecule has 1 aromatic heterocycles. The van der Waals surface area contributed by atoms with Crippen molar-refractivity contribution < 1.29 is 17.6 Å². The van der Waals surface area contributed by atoms with E-state index in [0.717, 1.165) is 10.7 Å². The summed E-state index contributed by atoms with van der Waals surface area (Å²) in [6.07, 6.45) is -4.55. The minimum atomic E-state index is -4.55. The van der Waals surface area contributed by atoms with Gasteiger partial charge in [0, 0.05) is 11.6 Å². The first-order valence-electron chi connectivity index (χ1n) is 5.06. The minimum Gasteiger partial charge on any atom is -0.288 e. The van der Waals surface area contributed by atoms with E-state index in [1.807, 2.05) is 0 Å². The predicted octanol–water partition coefficient (Wildman–Crippen LogP) is 4.65. The van der Waals surface area contributed by atoms with Crippen LogP contribution in [0.3, 0.4) is 0 Å². The minimum absolute atomic E-state index is 0.0611. The van der Waals surface area contributed by atoms with Gasteiger partial charge in [-0.05, 0) is 19.1 Å². The van der Waals surface area contributed by atoms with Crippen molar-refractivity contribution in [2.24, 2.45) is 0 Å². The van der Waals surface area contributed by atoms with Crippen molar-refractivity contribution in [3.8, 4) is 5.69 Å². The van der Waals surface area contributed by atoms with Crippen LogP contribution < -0.4 is 0 Å². The number of alkyl halides is 3. The van der Waals surface area contributed by atoms with Crippen LogP contribution in [0.15, 0.2) is 18.2 Å². The maximum absolute atomic E-state index is 13.3. The predicted molar refractivity (Wildman–Crippen MR) is 65.7 cm³/mol. The van der Waals surface area contributed by atoms with E-state index in [9.17, 15) is 17.6 Å². The van der Waals surface area contributed by atoms with Gasteiger partial charge in [0.2, 0.25) is 0 Å². The Morgan fingerprint density at radius 2 is 1.95 bits per heavy atom. The molecule has 102 valence electrons. The van der Waals surface area contributed by atoms with E-state index in [-0.39, 0.29) is 20.9 Å². The fourth-order valence-corrected chi connectivity index (χ4v) is 1.97. The van der Waals surface area contributed by atoms with E-state index in [0.29, 0.717) is 0 Å². The van der Waals surface area contributed by atoms with Crippen LogP contribution in [0.1, 0.15) is 11.3 Å². The van der Waals surface area contributed by atoms with Crippen molar-refractivity contribution in [1.82, 2.24) is 9.78 Å². The molecule has 2 rings (SSSR count). The first-order valence-corrected chi connectivity index (χ1v) is 5.84. The number of nitrogens with zero attached hydrogens (tertiary/aromatic N) is 1. The Morgan fingerprint density at radius 1 is 1.32 bits per heavy atom. The third-order valence-corrected chi connectivity index (χ3v) is 3.36. The Kier molecular flexibility index (Phi) is 3.44. The highest BCUT2D eigenvalue weighted by atomic mass is 35.5. The second kappa shape index (κ2) is 4.64. The molecule has 1 heterocycles. The molecule has 2 aromatic rings. The molecule has 8 heteroatoms. The normalized spacial score (nSPS) is 11.9. The number of halogens is 5. The molecule has 0 fully saturated rings. The van der Waals surface area contributed by atoms with Crippen LogP contribution in [0, 0.1) is 17.4 Å². The molecule has 0 saturated heterocycles. The Hall–Kier alpha value is -1.34. The average Bonchev–Trinajstić information content (AvgIpc) is 2.60. The molecule has 19 heavy (non-hydrogen) atoms. The van der Waals surface area contributed by atoms with Gasteiger partial charge in [-0.15, -0.1) is 0 Å². The highest BCUT2D eigenvalue weighted by molar-refractivity contribution is 7.71. The Balaban J connectivity index is 2.64. The smallest absolute Gasteiger partial charge is 0.288 e. The fraction of sp³-hybridized carbons (Fsp3) is 0.182. The van der Waals surface area contributed by atoms with E-state index in [1.165, 1.54) is 19.1 Å². The Labute approximate surface area is 115 Å². The quantitative estimate of drug-likeness (QED) is 0.600. The van der Waals surface area contributed by atoms with E-state index in [2.05, 4.69) is 5.10 Å². The summed E-state index contributed by atoms with van der Waals surface area (Å²) in [4.78, 5) is 0. The van der Waals surface area contributed by atoms with E-state index in [4.69, 9.17) is 23.8 Å². The molecule has 0 aliphatic rings. The van der Waals surface area contributed by atoms with Crippen LogP contribution in [-0.4, -0.2) is 9.78 Å². The molecule has 1 N–H and O–H groups in total. The van der Waals surface area contributed by atoms with Crippen molar-refractivity contribution in [2.45, 2.75) is 13.1 Å². The van der Waals surface area contributed by atoms with E-state index >= 15 is 0 Å². The number of rotatable bonds is 1. The van der Waals surface area contributed by atoms with Crippen molar-refractivity contribution in [3.63, 3.8) is 0 Å². The van der Waals surface area contributed by atoms with Crippen LogP contribution in [-0.2, 0) is 6.18 Å². The Morgan fingerprint density at radius 3 is 2.42 bits per heavy atom. The highest BCUT2D eigenvalue weighted by Gasteiger charge is 2.35. The number of aromatic nitrogens is 2. The SMILES string of the molecule is Cc1c(C(F)(F)F)[nH]n(-c2ccc(Cl)c(F)c2)c1=S. The number of benzene rings is 1. The molecule has 0 radical (unpaired) electrons. The summed E-state index contributed by atoms with van der Waals surface area (Å²) in [6, 6.07) is 3.63.